The van der Waals surface area contributed by atoms with E-state index in [2.05, 4.69) is 20.3 Å². The highest BCUT2D eigenvalue weighted by Gasteiger charge is 2.48. The number of nitrogens with zero attached hydrogens (tertiary/aromatic N) is 3. The summed E-state index contributed by atoms with van der Waals surface area (Å²) < 4.78 is 132. The van der Waals surface area contributed by atoms with Crippen LogP contribution in [0.2, 0.25) is 10.0 Å². The van der Waals surface area contributed by atoms with Crippen molar-refractivity contribution >= 4 is 85.8 Å². The fourth-order valence-corrected chi connectivity index (χ4v) is 9.51. The number of fused-ring (bicyclic) bond motifs is 1. The quantitative estimate of drug-likeness (QED) is 0.0418. The van der Waals surface area contributed by atoms with Gasteiger partial charge in [-0.25, -0.2) is 27.8 Å². The lowest BCUT2D eigenvalue weighted by Gasteiger charge is -2.40. The number of alkyl halides is 9. The summed E-state index contributed by atoms with van der Waals surface area (Å²) in [6, 6.07) is 9.96. The molecule has 12 N–H and O–H groups in total. The van der Waals surface area contributed by atoms with Crippen LogP contribution in [0.5, 0.6) is 5.75 Å². The Labute approximate surface area is 431 Å². The number of aromatic nitrogens is 1. The topological polar surface area (TPSA) is 345 Å². The van der Waals surface area contributed by atoms with Gasteiger partial charge in [-0.3, -0.25) is 20.4 Å². The second-order valence-electron chi connectivity index (χ2n) is 16.3. The molecule has 2 fully saturated rings. The largest absolute Gasteiger partial charge is 0.490 e. The molecule has 3 aromatic rings. The van der Waals surface area contributed by atoms with Crippen LogP contribution in [0.4, 0.5) is 39.5 Å². The van der Waals surface area contributed by atoms with Crippen LogP contribution < -0.4 is 31.6 Å². The maximum Gasteiger partial charge on any atom is 0.490 e. The summed E-state index contributed by atoms with van der Waals surface area (Å²) in [6.45, 7) is 5.20. The fourth-order valence-electron chi connectivity index (χ4n) is 7.21. The van der Waals surface area contributed by atoms with Crippen molar-refractivity contribution in [3.63, 3.8) is 0 Å². The number of pyridine rings is 1. The summed E-state index contributed by atoms with van der Waals surface area (Å²) in [6.07, 6.45) is -12.1. The van der Waals surface area contributed by atoms with Gasteiger partial charge >= 0.3 is 36.4 Å². The number of carboxylic acids is 3. The molecule has 1 saturated heterocycles. The van der Waals surface area contributed by atoms with Crippen molar-refractivity contribution in [2.75, 3.05) is 32.7 Å². The van der Waals surface area contributed by atoms with E-state index in [0.717, 1.165) is 16.6 Å². The first-order valence-electron chi connectivity index (χ1n) is 21.6. The Balaban J connectivity index is 0.000000767. The van der Waals surface area contributed by atoms with Crippen molar-refractivity contribution in [3.8, 4) is 5.75 Å². The summed E-state index contributed by atoms with van der Waals surface area (Å²) in [5.74, 6) is -8.66. The molecule has 1 saturated carbocycles. The highest BCUT2D eigenvalue weighted by atomic mass is 35.5. The van der Waals surface area contributed by atoms with E-state index in [1.54, 1.807) is 15.9 Å². The number of sulfonamides is 1. The molecule has 1 aliphatic carbocycles. The smallest absolute Gasteiger partial charge is 0.487 e. The van der Waals surface area contributed by atoms with Crippen LogP contribution in [-0.2, 0) is 40.6 Å². The number of hydrogen-bond donors (Lipinski definition) is 10. The number of nitrogens with two attached hydrogens (primary N) is 2. The van der Waals surface area contributed by atoms with Crippen LogP contribution >= 0.6 is 23.2 Å². The van der Waals surface area contributed by atoms with E-state index < -0.39 is 58.0 Å². The Hall–Kier alpha value is -6.60. The van der Waals surface area contributed by atoms with Crippen LogP contribution in [0.3, 0.4) is 0 Å². The molecule has 0 bridgehead atoms. The van der Waals surface area contributed by atoms with Gasteiger partial charge in [0.15, 0.2) is 11.9 Å². The number of piperazine rings is 1. The summed E-state index contributed by atoms with van der Waals surface area (Å²) >= 11 is 13.3. The standard InChI is InChI=1S/C36H48Cl2N10O5S.3C2HF3O2/c1-22-19-23(2)44-32-25(22)8-5-9-28(32)53-21-26-27(37)10-11-29(31(26)38)54(51,52)46-36(12-3-4-13-36)33(50)48-17-15-47(16-18-48)30(49)20-24(45-35(41)42)7-6-14-43-34(39)40;3*3-2(4,5)1(6)7/h5,8-11,19,24,46H,3-4,6-7,12-18,20-21H2,1-2H3,(H4,39,40,43)(H4,41,42,45);3*(H,6,7)/t24-;;;/m0.../s1. The minimum absolute atomic E-state index is 0.0877. The third-order valence-electron chi connectivity index (χ3n) is 10.6. The van der Waals surface area contributed by atoms with Crippen LogP contribution in [0, 0.1) is 24.7 Å². The molecule has 1 aliphatic heterocycles. The maximum atomic E-state index is 14.2. The lowest BCUT2D eigenvalue weighted by Crippen LogP contribution is -2.61. The van der Waals surface area contributed by atoms with Gasteiger partial charge in [0.2, 0.25) is 21.8 Å². The number of nitrogens with one attached hydrogen (secondary N) is 5. The van der Waals surface area contributed by atoms with Gasteiger partial charge < -0.3 is 52.0 Å². The average Bonchev–Trinajstić information content (AvgIpc) is 3.75. The molecule has 2 aliphatic rings. The number of hydrogen-bond acceptors (Lipinski definition) is 11. The van der Waals surface area contributed by atoms with E-state index in [1.165, 1.54) is 12.1 Å². The number of amides is 2. The summed E-state index contributed by atoms with van der Waals surface area (Å²) in [4.78, 5) is 61.8. The molecule has 33 heteroatoms. The van der Waals surface area contributed by atoms with E-state index in [9.17, 15) is 57.5 Å². The number of carbonyl (C=O) groups excluding carboxylic acids is 2. The molecule has 2 aromatic carbocycles. The number of aryl methyl sites for hydroxylation is 2. The molecule has 418 valence electrons. The van der Waals surface area contributed by atoms with Crippen LogP contribution in [0.25, 0.3) is 10.9 Å². The first kappa shape index (κ1) is 64.5. The Morgan fingerprint density at radius 3 is 1.81 bits per heavy atom. The number of para-hydroxylation sites is 1. The predicted octanol–water partition coefficient (Wildman–Crippen LogP) is 5.40. The molecule has 0 spiro atoms. The molecule has 5 rings (SSSR count). The first-order chi connectivity index (χ1) is 34.4. The first-order valence-corrected chi connectivity index (χ1v) is 23.8. The van der Waals surface area contributed by atoms with Crippen molar-refractivity contribution < 1.29 is 92.0 Å². The predicted molar refractivity (Wildman–Crippen MR) is 250 cm³/mol. The Morgan fingerprint density at radius 1 is 0.827 bits per heavy atom. The SMILES string of the molecule is Cc1cc(C)c2cccc(OCc3c(Cl)ccc(S(=O)(=O)NC4(C(=O)N5CCN(C(=O)C[C@H](CCCNC(=N)N)NC(=N)N)CC5)CCCC4)c3Cl)c2n1.O=C(O)C(F)(F)F.O=C(O)C(F)(F)F.O=C(O)C(F)(F)F. The zero-order chi connectivity index (χ0) is 57.4. The highest BCUT2D eigenvalue weighted by molar-refractivity contribution is 7.89. The number of carbonyl (C=O) groups is 5. The van der Waals surface area contributed by atoms with Crippen molar-refractivity contribution in [2.45, 2.75) is 100 Å². The number of rotatable bonds is 14. The zero-order valence-corrected chi connectivity index (χ0v) is 41.7. The van der Waals surface area contributed by atoms with Gasteiger partial charge in [0.25, 0.3) is 0 Å². The van der Waals surface area contributed by atoms with Crippen LogP contribution in [-0.4, -0.2) is 143 Å². The lowest BCUT2D eigenvalue weighted by atomic mass is 9.96. The highest BCUT2D eigenvalue weighted by Crippen LogP contribution is 2.37. The average molecular weight is 1150 g/mol. The minimum Gasteiger partial charge on any atom is -0.487 e. The summed E-state index contributed by atoms with van der Waals surface area (Å²) in [5.41, 5.74) is 12.3. The van der Waals surface area contributed by atoms with Crippen molar-refractivity contribution in [2.24, 2.45) is 11.5 Å². The number of halogens is 11. The molecule has 1 aromatic heterocycles. The van der Waals surface area contributed by atoms with Gasteiger partial charge in [-0.2, -0.15) is 44.2 Å². The van der Waals surface area contributed by atoms with Crippen molar-refractivity contribution in [1.82, 2.24) is 30.1 Å². The third kappa shape index (κ3) is 20.2. The zero-order valence-electron chi connectivity index (χ0n) is 39.4. The van der Waals surface area contributed by atoms with E-state index >= 15 is 0 Å². The molecular formula is C42H51Cl2F9N10O11S. The molecule has 2 heterocycles. The van der Waals surface area contributed by atoms with Gasteiger partial charge in [0.05, 0.1) is 5.02 Å². The van der Waals surface area contributed by atoms with Gasteiger partial charge in [-0.05, 0) is 69.4 Å². The van der Waals surface area contributed by atoms with Gasteiger partial charge in [0.1, 0.15) is 28.3 Å². The molecule has 75 heavy (non-hydrogen) atoms. The number of aliphatic carboxylic acids is 3. The summed E-state index contributed by atoms with van der Waals surface area (Å²) in [7, 11) is -4.33. The van der Waals surface area contributed by atoms with E-state index in [1.807, 2.05) is 32.0 Å². The molecule has 21 nitrogen and oxygen atoms in total. The van der Waals surface area contributed by atoms with Crippen molar-refractivity contribution in [3.05, 3.63) is 63.3 Å². The van der Waals surface area contributed by atoms with Gasteiger partial charge in [-0.15, -0.1) is 0 Å². The number of ether oxygens (including phenoxy) is 1. The van der Waals surface area contributed by atoms with E-state index in [-0.39, 0.29) is 83.4 Å². The maximum absolute atomic E-state index is 14.2. The summed E-state index contributed by atoms with van der Waals surface area (Å²) in [5, 5.41) is 42.9. The van der Waals surface area contributed by atoms with Crippen LogP contribution in [0.1, 0.15) is 61.8 Å². The van der Waals surface area contributed by atoms with E-state index in [4.69, 9.17) is 79.9 Å². The van der Waals surface area contributed by atoms with Crippen LogP contribution in [0.15, 0.2) is 41.3 Å². The second-order valence-corrected chi connectivity index (χ2v) is 18.7. The number of benzene rings is 2. The second kappa shape index (κ2) is 27.3. The lowest BCUT2D eigenvalue weighted by molar-refractivity contribution is -0.193. The Morgan fingerprint density at radius 2 is 1.33 bits per heavy atom. The third-order valence-corrected chi connectivity index (χ3v) is 13.1. The molecule has 1 atom stereocenters. The normalized spacial score (nSPS) is 14.8. The number of carboxylic acid groups (broad SMARTS) is 3. The Bertz CT molecular complexity index is 2610. The van der Waals surface area contributed by atoms with Crippen molar-refractivity contribution in [1.29, 1.82) is 10.8 Å². The fraction of sp³-hybridized carbons (Fsp3) is 0.476. The van der Waals surface area contributed by atoms with E-state index in [0.29, 0.717) is 56.3 Å². The van der Waals surface area contributed by atoms with Gasteiger partial charge in [-0.1, -0.05) is 48.2 Å². The molecular weight excluding hydrogens is 1090 g/mol. The molecule has 0 unspecified atom stereocenters. The molecule has 0 radical (unpaired) electrons. The monoisotopic (exact) mass is 1140 g/mol. The van der Waals surface area contributed by atoms with Gasteiger partial charge in [0, 0.05) is 66.9 Å². The number of guanidine groups is 2. The molecule has 2 amide bonds. The minimum atomic E-state index is -5.08. The Kier molecular flexibility index (Phi) is 23.5.